The molecule has 0 amide bonds. The minimum absolute atomic E-state index is 0.0849. The Balaban J connectivity index is 2.38. The molecule has 1 atom stereocenters. The summed E-state index contributed by atoms with van der Waals surface area (Å²) in [4.78, 5) is 0.278. The zero-order chi connectivity index (χ0) is 13.3. The van der Waals surface area contributed by atoms with Gasteiger partial charge in [0.1, 0.15) is 16.4 Å². The molecule has 1 aromatic rings. The second-order valence-corrected chi connectivity index (χ2v) is 6.64. The van der Waals surface area contributed by atoms with Crippen molar-refractivity contribution in [3.05, 3.63) is 17.6 Å². The number of furan rings is 1. The van der Waals surface area contributed by atoms with Crippen LogP contribution < -0.4 is 5.73 Å². The molecule has 18 heavy (non-hydrogen) atoms. The lowest BCUT2D eigenvalue weighted by Crippen LogP contribution is -2.47. The summed E-state index contributed by atoms with van der Waals surface area (Å²) in [5.74, 6) is 1.07. The maximum Gasteiger partial charge on any atom is 0.246 e. The number of aryl methyl sites for hydroxylation is 2. The van der Waals surface area contributed by atoms with Crippen LogP contribution in [0.2, 0.25) is 0 Å². The third-order valence-electron chi connectivity index (χ3n) is 3.43. The standard InChI is InChI=1S/C12H20N2O3S/c1-9-7-12(10(2)17-9)18(15,16)14-6-4-3-5-11(14)8-13/h7,11H,3-6,8,13H2,1-2H3. The molecular formula is C12H20N2O3S. The van der Waals surface area contributed by atoms with Crippen LogP contribution >= 0.6 is 0 Å². The number of hydrogen-bond acceptors (Lipinski definition) is 4. The Morgan fingerprint density at radius 2 is 2.17 bits per heavy atom. The van der Waals surface area contributed by atoms with Gasteiger partial charge >= 0.3 is 0 Å². The summed E-state index contributed by atoms with van der Waals surface area (Å²) in [5.41, 5.74) is 5.68. The van der Waals surface area contributed by atoms with Crippen LogP contribution in [0.5, 0.6) is 0 Å². The lowest BCUT2D eigenvalue weighted by atomic mass is 10.1. The van der Waals surface area contributed by atoms with Crippen molar-refractivity contribution in [2.24, 2.45) is 5.73 Å². The van der Waals surface area contributed by atoms with Gasteiger partial charge in [0.25, 0.3) is 0 Å². The zero-order valence-electron chi connectivity index (χ0n) is 10.8. The van der Waals surface area contributed by atoms with Crippen LogP contribution in [0.3, 0.4) is 0 Å². The van der Waals surface area contributed by atoms with E-state index in [1.165, 1.54) is 4.31 Å². The first-order chi connectivity index (χ1) is 8.46. The van der Waals surface area contributed by atoms with Crippen LogP contribution in [-0.2, 0) is 10.0 Å². The minimum atomic E-state index is -3.47. The van der Waals surface area contributed by atoms with Gasteiger partial charge in [0.05, 0.1) is 0 Å². The second kappa shape index (κ2) is 5.03. The summed E-state index contributed by atoms with van der Waals surface area (Å²) in [6, 6.07) is 1.51. The van der Waals surface area contributed by atoms with E-state index in [1.54, 1.807) is 19.9 Å². The Hall–Kier alpha value is -0.850. The highest BCUT2D eigenvalue weighted by atomic mass is 32.2. The van der Waals surface area contributed by atoms with Gasteiger partial charge in [0.2, 0.25) is 10.0 Å². The summed E-state index contributed by atoms with van der Waals surface area (Å²) in [6.07, 6.45) is 2.77. The largest absolute Gasteiger partial charge is 0.465 e. The highest BCUT2D eigenvalue weighted by Crippen LogP contribution is 2.28. The molecule has 0 bridgehead atoms. The van der Waals surface area contributed by atoms with Gasteiger partial charge in [0, 0.05) is 19.1 Å². The van der Waals surface area contributed by atoms with E-state index in [4.69, 9.17) is 10.2 Å². The van der Waals surface area contributed by atoms with E-state index in [0.29, 0.717) is 24.6 Å². The van der Waals surface area contributed by atoms with Gasteiger partial charge in [-0.2, -0.15) is 4.31 Å². The zero-order valence-corrected chi connectivity index (χ0v) is 11.7. The summed E-state index contributed by atoms with van der Waals surface area (Å²) < 4.78 is 32.1. The van der Waals surface area contributed by atoms with Crippen molar-refractivity contribution < 1.29 is 12.8 Å². The van der Waals surface area contributed by atoms with Crippen molar-refractivity contribution in [1.82, 2.24) is 4.31 Å². The van der Waals surface area contributed by atoms with E-state index in [2.05, 4.69) is 0 Å². The predicted octanol–water partition coefficient (Wildman–Crippen LogP) is 1.40. The first-order valence-electron chi connectivity index (χ1n) is 6.25. The van der Waals surface area contributed by atoms with Gasteiger partial charge in [-0.15, -0.1) is 0 Å². The topological polar surface area (TPSA) is 76.5 Å². The quantitative estimate of drug-likeness (QED) is 0.902. The third kappa shape index (κ3) is 2.32. The smallest absolute Gasteiger partial charge is 0.246 e. The van der Waals surface area contributed by atoms with E-state index >= 15 is 0 Å². The molecule has 2 heterocycles. The highest BCUT2D eigenvalue weighted by Gasteiger charge is 2.34. The molecule has 6 heteroatoms. The Morgan fingerprint density at radius 1 is 1.44 bits per heavy atom. The average molecular weight is 272 g/mol. The second-order valence-electron chi connectivity index (χ2n) is 4.78. The summed E-state index contributed by atoms with van der Waals surface area (Å²) in [7, 11) is -3.47. The number of nitrogens with two attached hydrogens (primary N) is 1. The number of hydrogen-bond donors (Lipinski definition) is 1. The van der Waals surface area contributed by atoms with Crippen LogP contribution in [-0.4, -0.2) is 31.9 Å². The van der Waals surface area contributed by atoms with E-state index in [-0.39, 0.29) is 10.9 Å². The fourth-order valence-electron chi connectivity index (χ4n) is 2.52. The maximum atomic E-state index is 12.6. The van der Waals surface area contributed by atoms with Gasteiger partial charge in [-0.05, 0) is 32.8 Å². The minimum Gasteiger partial charge on any atom is -0.465 e. The molecule has 1 saturated heterocycles. The Morgan fingerprint density at radius 3 is 2.72 bits per heavy atom. The predicted molar refractivity (Wildman–Crippen MR) is 68.8 cm³/mol. The van der Waals surface area contributed by atoms with E-state index < -0.39 is 10.0 Å². The molecule has 0 aromatic carbocycles. The summed E-state index contributed by atoms with van der Waals surface area (Å²) >= 11 is 0. The van der Waals surface area contributed by atoms with Gasteiger partial charge in [0.15, 0.2) is 0 Å². The summed E-state index contributed by atoms with van der Waals surface area (Å²) in [5, 5.41) is 0. The molecule has 102 valence electrons. The van der Waals surface area contributed by atoms with Gasteiger partial charge < -0.3 is 10.2 Å². The van der Waals surface area contributed by atoms with Gasteiger partial charge in [-0.1, -0.05) is 6.42 Å². The van der Waals surface area contributed by atoms with Crippen molar-refractivity contribution in [3.63, 3.8) is 0 Å². The number of piperidine rings is 1. The summed E-state index contributed by atoms with van der Waals surface area (Å²) in [6.45, 7) is 4.35. The van der Waals surface area contributed by atoms with Crippen LogP contribution in [0.25, 0.3) is 0 Å². The Labute approximate surface area is 108 Å². The molecule has 0 radical (unpaired) electrons. The Bertz CT molecular complexity index is 521. The molecule has 5 nitrogen and oxygen atoms in total. The molecule has 2 rings (SSSR count). The molecule has 2 N–H and O–H groups in total. The van der Waals surface area contributed by atoms with Crippen LogP contribution in [0, 0.1) is 13.8 Å². The fourth-order valence-corrected chi connectivity index (χ4v) is 4.44. The molecule has 0 aliphatic carbocycles. The normalized spacial score (nSPS) is 22.3. The maximum absolute atomic E-state index is 12.6. The van der Waals surface area contributed by atoms with Crippen molar-refractivity contribution in [3.8, 4) is 0 Å². The van der Waals surface area contributed by atoms with Crippen LogP contribution in [0.4, 0.5) is 0 Å². The lowest BCUT2D eigenvalue weighted by molar-refractivity contribution is 0.257. The molecule has 1 fully saturated rings. The molecule has 1 unspecified atom stereocenters. The molecule has 1 aromatic heterocycles. The first-order valence-corrected chi connectivity index (χ1v) is 7.69. The van der Waals surface area contributed by atoms with E-state index in [0.717, 1.165) is 19.3 Å². The molecule has 0 saturated carbocycles. The average Bonchev–Trinajstić information content (AvgIpc) is 2.69. The van der Waals surface area contributed by atoms with Crippen molar-refractivity contribution in [1.29, 1.82) is 0 Å². The molecule has 1 aliphatic heterocycles. The van der Waals surface area contributed by atoms with E-state index in [9.17, 15) is 8.42 Å². The highest BCUT2D eigenvalue weighted by molar-refractivity contribution is 7.89. The number of rotatable bonds is 3. The van der Waals surface area contributed by atoms with Crippen molar-refractivity contribution >= 4 is 10.0 Å². The SMILES string of the molecule is Cc1cc(S(=O)(=O)N2CCCCC2CN)c(C)o1. The van der Waals surface area contributed by atoms with Crippen LogP contribution in [0.1, 0.15) is 30.8 Å². The van der Waals surface area contributed by atoms with Crippen molar-refractivity contribution in [2.75, 3.05) is 13.1 Å². The fraction of sp³-hybridized carbons (Fsp3) is 0.667. The Kier molecular flexibility index (Phi) is 3.79. The molecule has 1 aliphatic rings. The van der Waals surface area contributed by atoms with Gasteiger partial charge in [-0.25, -0.2) is 8.42 Å². The lowest BCUT2D eigenvalue weighted by Gasteiger charge is -2.33. The van der Waals surface area contributed by atoms with Crippen LogP contribution in [0.15, 0.2) is 15.4 Å². The monoisotopic (exact) mass is 272 g/mol. The number of sulfonamides is 1. The van der Waals surface area contributed by atoms with Crippen molar-refractivity contribution in [2.45, 2.75) is 44.0 Å². The van der Waals surface area contributed by atoms with E-state index in [1.807, 2.05) is 0 Å². The molecular weight excluding hydrogens is 252 g/mol. The van der Waals surface area contributed by atoms with Gasteiger partial charge in [-0.3, -0.25) is 0 Å². The third-order valence-corrected chi connectivity index (χ3v) is 5.49. The number of nitrogens with zero attached hydrogens (tertiary/aromatic N) is 1. The first kappa shape index (κ1) is 13.6. The molecule has 0 spiro atoms.